The molecule has 0 saturated heterocycles. The molecule has 576 valence electrons. The van der Waals surface area contributed by atoms with Gasteiger partial charge in [-0.15, -0.1) is 0 Å². The number of rotatable bonds is 76. The van der Waals surface area contributed by atoms with Crippen molar-refractivity contribution in [3.8, 4) is 0 Å². The predicted octanol–water partition coefficient (Wildman–Crippen LogP) is 23.0. The maximum absolute atomic E-state index is 13.1. The molecule has 17 nitrogen and oxygen atoms in total. The molecule has 0 aliphatic rings. The largest absolute Gasteiger partial charge is 0.472 e. The van der Waals surface area contributed by atoms with Gasteiger partial charge in [-0.05, 0) is 43.4 Å². The van der Waals surface area contributed by atoms with Crippen LogP contribution in [-0.4, -0.2) is 96.7 Å². The summed E-state index contributed by atoms with van der Waals surface area (Å²) in [7, 11) is -9.91. The van der Waals surface area contributed by atoms with E-state index in [1.807, 2.05) is 0 Å². The Morgan fingerprint density at radius 3 is 0.732 bits per heavy atom. The van der Waals surface area contributed by atoms with Crippen LogP contribution in [-0.2, 0) is 65.4 Å². The van der Waals surface area contributed by atoms with Crippen LogP contribution in [0.5, 0.6) is 0 Å². The zero-order valence-electron chi connectivity index (χ0n) is 63.5. The van der Waals surface area contributed by atoms with E-state index in [2.05, 4.69) is 48.5 Å². The smallest absolute Gasteiger partial charge is 0.462 e. The highest BCUT2D eigenvalue weighted by Gasteiger charge is 2.30. The van der Waals surface area contributed by atoms with Crippen molar-refractivity contribution in [2.24, 2.45) is 17.8 Å². The van der Waals surface area contributed by atoms with E-state index < -0.39 is 97.5 Å². The van der Waals surface area contributed by atoms with Gasteiger partial charge in [-0.3, -0.25) is 37.3 Å². The Hall–Kier alpha value is -1.94. The van der Waals surface area contributed by atoms with Crippen molar-refractivity contribution >= 4 is 39.5 Å². The number of carbonyl (C=O) groups excluding carboxylic acids is 4. The lowest BCUT2D eigenvalue weighted by Gasteiger charge is -2.21. The first-order valence-electron chi connectivity index (χ1n) is 40.5. The molecule has 0 aromatic carbocycles. The van der Waals surface area contributed by atoms with Crippen molar-refractivity contribution in [3.05, 3.63) is 0 Å². The third kappa shape index (κ3) is 68.3. The van der Waals surface area contributed by atoms with E-state index in [-0.39, 0.29) is 25.7 Å². The summed E-state index contributed by atoms with van der Waals surface area (Å²) in [6.45, 7) is 11.9. The standard InChI is InChI=1S/C78H152O17P2/c1-8-12-13-14-15-16-17-18-19-20-21-22-23-28-31-34-37-47-54-61-77(82)94-73(65-88-75(80)59-52-45-36-33-30-27-25-24-26-29-32-35-42-49-56-69(5)9-2)67-92-96(84,85)90-63-72(79)64-91-97(86,87)93-68-74(95-78(83)62-55-48-41-39-44-51-58-71(7)11-4)66-89-76(81)60-53-46-40-38-43-50-57-70(6)10-3/h69-74,79H,8-68H2,1-7H3,(H,84,85)(H,86,87)/t69?,70?,71?,72-,73-,74-/m1/s1. The van der Waals surface area contributed by atoms with Crippen LogP contribution in [0, 0.1) is 17.8 Å². The summed E-state index contributed by atoms with van der Waals surface area (Å²) in [6.07, 6.45) is 55.6. The molecule has 0 heterocycles. The lowest BCUT2D eigenvalue weighted by Crippen LogP contribution is -2.30. The second kappa shape index (κ2) is 68.5. The van der Waals surface area contributed by atoms with Crippen LogP contribution in [0.1, 0.15) is 402 Å². The number of aliphatic hydroxyl groups excluding tert-OH is 1. The van der Waals surface area contributed by atoms with Gasteiger partial charge < -0.3 is 33.8 Å². The Labute approximate surface area is 594 Å². The second-order valence-corrected chi connectivity index (χ2v) is 31.7. The van der Waals surface area contributed by atoms with E-state index in [0.29, 0.717) is 25.7 Å². The number of esters is 4. The molecule has 0 aliphatic carbocycles. The molecule has 8 atom stereocenters. The van der Waals surface area contributed by atoms with Gasteiger partial charge in [0.05, 0.1) is 26.4 Å². The topological polar surface area (TPSA) is 237 Å². The fraction of sp³-hybridized carbons (Fsp3) is 0.949. The molecule has 0 aromatic rings. The Morgan fingerprint density at radius 1 is 0.289 bits per heavy atom. The molecule has 0 radical (unpaired) electrons. The van der Waals surface area contributed by atoms with Gasteiger partial charge in [0.25, 0.3) is 0 Å². The average Bonchev–Trinajstić information content (AvgIpc) is 2.84. The second-order valence-electron chi connectivity index (χ2n) is 28.8. The van der Waals surface area contributed by atoms with Gasteiger partial charge in [-0.25, -0.2) is 9.13 Å². The van der Waals surface area contributed by atoms with Crippen LogP contribution in [0.4, 0.5) is 0 Å². The predicted molar refractivity (Wildman–Crippen MR) is 395 cm³/mol. The SMILES string of the molecule is CCCCCCCCCCCCCCCCCCCCCC(=O)O[C@H](COC(=O)CCCCCCCCCCCCCCCCC(C)CC)COP(=O)(O)OC[C@@H](O)COP(=O)(O)OC[C@@H](COC(=O)CCCCCCCCC(C)CC)OC(=O)CCCCCCCCC(C)CC. The number of ether oxygens (including phenoxy) is 4. The molecular formula is C78H152O17P2. The zero-order chi connectivity index (χ0) is 71.6. The Morgan fingerprint density at radius 2 is 0.495 bits per heavy atom. The molecule has 3 N–H and O–H groups in total. The number of aliphatic hydroxyl groups is 1. The van der Waals surface area contributed by atoms with Crippen molar-refractivity contribution in [3.63, 3.8) is 0 Å². The van der Waals surface area contributed by atoms with Crippen LogP contribution in [0.25, 0.3) is 0 Å². The highest BCUT2D eigenvalue weighted by atomic mass is 31.2. The number of carbonyl (C=O) groups is 4. The molecule has 0 bridgehead atoms. The molecule has 97 heavy (non-hydrogen) atoms. The summed E-state index contributed by atoms with van der Waals surface area (Å²) < 4.78 is 68.5. The molecule has 0 fully saturated rings. The van der Waals surface area contributed by atoms with E-state index in [4.69, 9.17) is 37.0 Å². The van der Waals surface area contributed by atoms with Gasteiger partial charge in [0.15, 0.2) is 12.2 Å². The Bertz CT molecular complexity index is 1890. The molecule has 0 amide bonds. The molecule has 19 heteroatoms. The fourth-order valence-electron chi connectivity index (χ4n) is 11.9. The van der Waals surface area contributed by atoms with Crippen molar-refractivity contribution in [1.82, 2.24) is 0 Å². The van der Waals surface area contributed by atoms with E-state index in [9.17, 15) is 43.2 Å². The van der Waals surface area contributed by atoms with Gasteiger partial charge in [0, 0.05) is 25.7 Å². The number of unbranched alkanes of at least 4 members (excludes halogenated alkanes) is 41. The van der Waals surface area contributed by atoms with Gasteiger partial charge in [-0.1, -0.05) is 350 Å². The minimum Gasteiger partial charge on any atom is -0.462 e. The summed E-state index contributed by atoms with van der Waals surface area (Å²) in [5, 5.41) is 10.6. The zero-order valence-corrected chi connectivity index (χ0v) is 65.3. The van der Waals surface area contributed by atoms with Crippen molar-refractivity contribution in [2.45, 2.75) is 420 Å². The van der Waals surface area contributed by atoms with Gasteiger partial charge >= 0.3 is 39.5 Å². The number of phosphoric acid groups is 2. The van der Waals surface area contributed by atoms with E-state index in [0.717, 1.165) is 114 Å². The molecule has 0 saturated carbocycles. The van der Waals surface area contributed by atoms with E-state index in [1.54, 1.807) is 0 Å². The van der Waals surface area contributed by atoms with Crippen molar-refractivity contribution < 1.29 is 80.2 Å². The summed E-state index contributed by atoms with van der Waals surface area (Å²) in [6, 6.07) is 0. The van der Waals surface area contributed by atoms with Gasteiger partial charge in [0.2, 0.25) is 0 Å². The normalized spacial score (nSPS) is 14.9. The first-order chi connectivity index (χ1) is 46.8. The molecule has 0 spiro atoms. The lowest BCUT2D eigenvalue weighted by atomic mass is 9.99. The van der Waals surface area contributed by atoms with Crippen LogP contribution in [0.3, 0.4) is 0 Å². The lowest BCUT2D eigenvalue weighted by molar-refractivity contribution is -0.161. The fourth-order valence-corrected chi connectivity index (χ4v) is 13.4. The maximum Gasteiger partial charge on any atom is 0.472 e. The highest BCUT2D eigenvalue weighted by molar-refractivity contribution is 7.47. The Kier molecular flexibility index (Phi) is 67.1. The minimum atomic E-state index is -4.96. The van der Waals surface area contributed by atoms with Crippen LogP contribution >= 0.6 is 15.6 Å². The monoisotopic (exact) mass is 1420 g/mol. The average molecular weight is 1420 g/mol. The van der Waals surface area contributed by atoms with Crippen LogP contribution in [0.15, 0.2) is 0 Å². The van der Waals surface area contributed by atoms with Crippen LogP contribution in [0.2, 0.25) is 0 Å². The van der Waals surface area contributed by atoms with Gasteiger partial charge in [-0.2, -0.15) is 0 Å². The highest BCUT2D eigenvalue weighted by Crippen LogP contribution is 2.45. The van der Waals surface area contributed by atoms with E-state index in [1.165, 1.54) is 205 Å². The number of hydrogen-bond acceptors (Lipinski definition) is 15. The van der Waals surface area contributed by atoms with Crippen molar-refractivity contribution in [1.29, 1.82) is 0 Å². The Balaban J connectivity index is 5.22. The molecule has 5 unspecified atom stereocenters. The first kappa shape index (κ1) is 95.1. The summed E-state index contributed by atoms with van der Waals surface area (Å²) in [5.41, 5.74) is 0. The van der Waals surface area contributed by atoms with Crippen molar-refractivity contribution in [2.75, 3.05) is 39.6 Å². The first-order valence-corrected chi connectivity index (χ1v) is 43.5. The molecule has 0 aliphatic heterocycles. The third-order valence-electron chi connectivity index (χ3n) is 19.2. The third-order valence-corrected chi connectivity index (χ3v) is 21.1. The van der Waals surface area contributed by atoms with Crippen LogP contribution < -0.4 is 0 Å². The molecule has 0 rings (SSSR count). The summed E-state index contributed by atoms with van der Waals surface area (Å²) in [4.78, 5) is 72.8. The van der Waals surface area contributed by atoms with Gasteiger partial charge in [0.1, 0.15) is 19.3 Å². The maximum atomic E-state index is 13.1. The summed E-state index contributed by atoms with van der Waals surface area (Å²) in [5.74, 6) is 0.181. The quantitative estimate of drug-likeness (QED) is 0.0222. The minimum absolute atomic E-state index is 0.102. The molecule has 0 aromatic heterocycles. The van der Waals surface area contributed by atoms with E-state index >= 15 is 0 Å². The number of phosphoric ester groups is 2. The summed E-state index contributed by atoms with van der Waals surface area (Å²) >= 11 is 0. The molecular weight excluding hydrogens is 1270 g/mol. The number of hydrogen-bond donors (Lipinski definition) is 3.